The molecule has 0 amide bonds. The van der Waals surface area contributed by atoms with Crippen LogP contribution in [0.1, 0.15) is 10.4 Å². The van der Waals surface area contributed by atoms with E-state index in [0.29, 0.717) is 10.9 Å². The largest absolute Gasteiger partial charge is 0.465 e. The van der Waals surface area contributed by atoms with Crippen molar-refractivity contribution in [1.29, 1.82) is 0 Å². The van der Waals surface area contributed by atoms with E-state index in [-0.39, 0.29) is 11.5 Å². The predicted molar refractivity (Wildman–Crippen MR) is 54.2 cm³/mol. The fraction of sp³-hybridized carbons (Fsp3) is 0.100. The number of hydrogen-bond acceptors (Lipinski definition) is 5. The number of hydrogen-bond donors (Lipinski definition) is 0. The number of esters is 1. The maximum Gasteiger partial charge on any atom is 0.434 e. The minimum Gasteiger partial charge on any atom is -0.465 e. The lowest BCUT2D eigenvalue weighted by molar-refractivity contribution is -0.401. The molecule has 1 aromatic carbocycles. The Hall–Kier alpha value is -2.37. The van der Waals surface area contributed by atoms with Crippen LogP contribution in [0.15, 0.2) is 28.7 Å². The van der Waals surface area contributed by atoms with Crippen molar-refractivity contribution in [2.75, 3.05) is 7.11 Å². The molecule has 0 bridgehead atoms. The van der Waals surface area contributed by atoms with Crippen LogP contribution in [0.4, 0.5) is 5.88 Å². The fourth-order valence-corrected chi connectivity index (χ4v) is 1.35. The van der Waals surface area contributed by atoms with Gasteiger partial charge in [-0.15, -0.1) is 0 Å². The molecule has 0 aliphatic heterocycles. The van der Waals surface area contributed by atoms with Crippen LogP contribution >= 0.6 is 0 Å². The van der Waals surface area contributed by atoms with E-state index in [2.05, 4.69) is 4.74 Å². The van der Waals surface area contributed by atoms with Crippen LogP contribution in [-0.4, -0.2) is 18.0 Å². The molecule has 0 saturated carbocycles. The van der Waals surface area contributed by atoms with Gasteiger partial charge in [0.2, 0.25) is 0 Å². The summed E-state index contributed by atoms with van der Waals surface area (Å²) in [5.41, 5.74) is 0.578. The van der Waals surface area contributed by atoms with Gasteiger partial charge in [-0.05, 0) is 18.2 Å². The highest BCUT2D eigenvalue weighted by Gasteiger charge is 2.15. The first-order chi connectivity index (χ1) is 7.61. The zero-order chi connectivity index (χ0) is 11.7. The Kier molecular flexibility index (Phi) is 2.32. The predicted octanol–water partition coefficient (Wildman–Crippen LogP) is 2.13. The molecule has 0 N–H and O–H groups in total. The zero-order valence-corrected chi connectivity index (χ0v) is 8.30. The van der Waals surface area contributed by atoms with Gasteiger partial charge in [-0.25, -0.2) is 4.79 Å². The Labute approximate surface area is 89.6 Å². The summed E-state index contributed by atoms with van der Waals surface area (Å²) in [6.45, 7) is 0. The highest BCUT2D eigenvalue weighted by molar-refractivity contribution is 5.94. The molecule has 0 aliphatic carbocycles. The first-order valence-electron chi connectivity index (χ1n) is 4.38. The molecule has 1 heterocycles. The third-order valence-corrected chi connectivity index (χ3v) is 2.11. The van der Waals surface area contributed by atoms with Crippen LogP contribution in [0.2, 0.25) is 0 Å². The van der Waals surface area contributed by atoms with E-state index in [0.717, 1.165) is 0 Å². The van der Waals surface area contributed by atoms with E-state index in [1.165, 1.54) is 25.3 Å². The molecule has 0 aliphatic rings. The summed E-state index contributed by atoms with van der Waals surface area (Å²) in [6, 6.07) is 5.80. The molecule has 6 heteroatoms. The minimum atomic E-state index is -0.627. The number of nitro groups is 1. The molecular formula is C10H7NO5. The van der Waals surface area contributed by atoms with Gasteiger partial charge in [0.15, 0.2) is 0 Å². The van der Waals surface area contributed by atoms with Crippen molar-refractivity contribution in [3.05, 3.63) is 39.9 Å². The van der Waals surface area contributed by atoms with Crippen molar-refractivity contribution in [1.82, 2.24) is 0 Å². The summed E-state index contributed by atoms with van der Waals surface area (Å²) in [4.78, 5) is 21.0. The SMILES string of the molecule is COC(=O)c1ccc2cc([N+](=O)[O-])oc2c1. The van der Waals surface area contributed by atoms with Crippen molar-refractivity contribution in [2.24, 2.45) is 0 Å². The number of methoxy groups -OCH3 is 1. The molecule has 0 unspecified atom stereocenters. The summed E-state index contributed by atoms with van der Waals surface area (Å²) < 4.78 is 9.48. The number of rotatable bonds is 2. The van der Waals surface area contributed by atoms with E-state index in [4.69, 9.17) is 4.42 Å². The maximum absolute atomic E-state index is 11.2. The molecule has 0 fully saturated rings. The average Bonchev–Trinajstić information content (AvgIpc) is 2.70. The van der Waals surface area contributed by atoms with Gasteiger partial charge in [0, 0.05) is 5.39 Å². The standard InChI is InChI=1S/C10H7NO5/c1-15-10(12)7-3-2-6-5-9(11(13)14)16-8(6)4-7/h2-5H,1H3. The first-order valence-corrected chi connectivity index (χ1v) is 4.38. The van der Waals surface area contributed by atoms with Crippen LogP contribution in [0.25, 0.3) is 11.0 Å². The summed E-state index contributed by atoms with van der Waals surface area (Å²) in [6.07, 6.45) is 0. The molecule has 0 atom stereocenters. The van der Waals surface area contributed by atoms with Crippen LogP contribution in [-0.2, 0) is 4.74 Å². The lowest BCUT2D eigenvalue weighted by Crippen LogP contribution is -1.99. The van der Waals surface area contributed by atoms with Gasteiger partial charge in [-0.2, -0.15) is 0 Å². The number of ether oxygens (including phenoxy) is 1. The Balaban J connectivity index is 2.53. The third-order valence-electron chi connectivity index (χ3n) is 2.11. The number of benzene rings is 1. The van der Waals surface area contributed by atoms with Gasteiger partial charge in [-0.3, -0.25) is 10.1 Å². The molecule has 6 nitrogen and oxygen atoms in total. The highest BCUT2D eigenvalue weighted by Crippen LogP contribution is 2.25. The third kappa shape index (κ3) is 1.60. The maximum atomic E-state index is 11.2. The van der Waals surface area contributed by atoms with Crippen LogP contribution < -0.4 is 0 Å². The quantitative estimate of drug-likeness (QED) is 0.440. The Bertz CT molecular complexity index is 572. The lowest BCUT2D eigenvalue weighted by atomic mass is 10.2. The van der Waals surface area contributed by atoms with E-state index in [1.807, 2.05) is 0 Å². The topological polar surface area (TPSA) is 82.6 Å². The van der Waals surface area contributed by atoms with Crippen LogP contribution in [0, 0.1) is 10.1 Å². The van der Waals surface area contributed by atoms with Crippen molar-refractivity contribution in [2.45, 2.75) is 0 Å². The second-order valence-corrected chi connectivity index (χ2v) is 3.09. The molecule has 82 valence electrons. The van der Waals surface area contributed by atoms with E-state index in [1.54, 1.807) is 6.07 Å². The summed E-state index contributed by atoms with van der Waals surface area (Å²) >= 11 is 0. The first kappa shape index (κ1) is 10.2. The van der Waals surface area contributed by atoms with Gasteiger partial charge in [0.25, 0.3) is 0 Å². The molecular weight excluding hydrogens is 214 g/mol. The van der Waals surface area contributed by atoms with Crippen molar-refractivity contribution in [3.8, 4) is 0 Å². The summed E-state index contributed by atoms with van der Waals surface area (Å²) in [5, 5.41) is 11.0. The molecule has 0 saturated heterocycles. The van der Waals surface area contributed by atoms with Gasteiger partial charge in [0.05, 0.1) is 18.7 Å². The van der Waals surface area contributed by atoms with Crippen LogP contribution in [0.3, 0.4) is 0 Å². The fourth-order valence-electron chi connectivity index (χ4n) is 1.35. The van der Waals surface area contributed by atoms with Gasteiger partial charge < -0.3 is 9.15 Å². The molecule has 1 aromatic heterocycles. The Morgan fingerprint density at radius 2 is 2.19 bits per heavy atom. The lowest BCUT2D eigenvalue weighted by Gasteiger charge is -1.97. The number of nitrogens with zero attached hydrogens (tertiary/aromatic N) is 1. The summed E-state index contributed by atoms with van der Waals surface area (Å²) in [7, 11) is 1.26. The second kappa shape index (κ2) is 3.65. The van der Waals surface area contributed by atoms with Crippen molar-refractivity contribution in [3.63, 3.8) is 0 Å². The average molecular weight is 221 g/mol. The Morgan fingerprint density at radius 1 is 1.44 bits per heavy atom. The van der Waals surface area contributed by atoms with E-state index in [9.17, 15) is 14.9 Å². The number of furan rings is 1. The molecule has 0 spiro atoms. The van der Waals surface area contributed by atoms with Gasteiger partial charge in [-0.1, -0.05) is 0 Å². The molecule has 0 radical (unpaired) electrons. The van der Waals surface area contributed by atoms with Gasteiger partial charge >= 0.3 is 11.9 Å². The van der Waals surface area contributed by atoms with Crippen LogP contribution in [0.5, 0.6) is 0 Å². The monoisotopic (exact) mass is 221 g/mol. The molecule has 16 heavy (non-hydrogen) atoms. The van der Waals surface area contributed by atoms with Gasteiger partial charge in [0.1, 0.15) is 10.5 Å². The second-order valence-electron chi connectivity index (χ2n) is 3.09. The number of carbonyl (C=O) groups is 1. The Morgan fingerprint density at radius 3 is 2.81 bits per heavy atom. The number of carbonyl (C=O) groups excluding carboxylic acids is 1. The van der Waals surface area contributed by atoms with Crippen molar-refractivity contribution < 1.29 is 18.9 Å². The smallest absolute Gasteiger partial charge is 0.434 e. The van der Waals surface area contributed by atoms with Crippen molar-refractivity contribution >= 4 is 22.8 Å². The molecule has 2 rings (SSSR count). The summed E-state index contributed by atoms with van der Waals surface area (Å²) in [5.74, 6) is -0.863. The van der Waals surface area contributed by atoms with E-state index >= 15 is 0 Å². The van der Waals surface area contributed by atoms with E-state index < -0.39 is 10.9 Å². The minimum absolute atomic E-state index is 0.287. The normalized spacial score (nSPS) is 10.3. The molecule has 2 aromatic rings. The number of fused-ring (bicyclic) bond motifs is 1. The highest BCUT2D eigenvalue weighted by atomic mass is 16.6. The zero-order valence-electron chi connectivity index (χ0n) is 8.30.